The molecule has 0 atom stereocenters. The molecule has 132 valence electrons. The highest BCUT2D eigenvalue weighted by atomic mass is 16.2. The Balaban J connectivity index is 1.75. The highest BCUT2D eigenvalue weighted by Crippen LogP contribution is 2.31. The zero-order valence-corrected chi connectivity index (χ0v) is 15.1. The zero-order valence-electron chi connectivity index (χ0n) is 15.1. The first-order chi connectivity index (χ1) is 13.3. The maximum Gasteiger partial charge on any atom is 0.254 e. The number of rotatable bonds is 2. The van der Waals surface area contributed by atoms with Crippen LogP contribution >= 0.6 is 0 Å². The van der Waals surface area contributed by atoms with Gasteiger partial charge < -0.3 is 4.90 Å². The van der Waals surface area contributed by atoms with Crippen molar-refractivity contribution in [3.05, 3.63) is 78.4 Å². The van der Waals surface area contributed by atoms with Gasteiger partial charge in [-0.15, -0.1) is 0 Å². The van der Waals surface area contributed by atoms with Crippen LogP contribution < -0.4 is 0 Å². The van der Waals surface area contributed by atoms with Crippen LogP contribution in [0.25, 0.3) is 32.9 Å². The van der Waals surface area contributed by atoms with Crippen LogP contribution in [0.2, 0.25) is 0 Å². The van der Waals surface area contributed by atoms with Crippen LogP contribution in [0.15, 0.2) is 72.8 Å². The first-order valence-corrected chi connectivity index (χ1v) is 9.48. The molecule has 1 aliphatic heterocycles. The lowest BCUT2D eigenvalue weighted by Gasteiger charge is -2.17. The normalized spacial score (nSPS) is 14.1. The summed E-state index contributed by atoms with van der Waals surface area (Å²) in [5.41, 5.74) is 3.54. The third-order valence-corrected chi connectivity index (χ3v) is 5.41. The number of hydrogen-bond acceptors (Lipinski definition) is 2. The van der Waals surface area contributed by atoms with Crippen molar-refractivity contribution in [3.63, 3.8) is 0 Å². The Morgan fingerprint density at radius 2 is 1.52 bits per heavy atom. The van der Waals surface area contributed by atoms with Gasteiger partial charge in [-0.1, -0.05) is 60.7 Å². The highest BCUT2D eigenvalue weighted by molar-refractivity contribution is 6.08. The summed E-state index contributed by atoms with van der Waals surface area (Å²) in [5, 5.41) is 3.26. The zero-order chi connectivity index (χ0) is 18.2. The van der Waals surface area contributed by atoms with Crippen molar-refractivity contribution in [2.75, 3.05) is 13.1 Å². The highest BCUT2D eigenvalue weighted by Gasteiger charge is 2.22. The molecule has 4 aromatic rings. The van der Waals surface area contributed by atoms with Gasteiger partial charge in [-0.05, 0) is 35.7 Å². The predicted molar refractivity (Wildman–Crippen MR) is 110 cm³/mol. The number of pyridine rings is 1. The van der Waals surface area contributed by atoms with Gasteiger partial charge in [-0.25, -0.2) is 4.98 Å². The van der Waals surface area contributed by atoms with E-state index in [4.69, 9.17) is 4.98 Å². The number of carbonyl (C=O) groups is 1. The lowest BCUT2D eigenvalue weighted by Crippen LogP contribution is -2.27. The molecule has 0 radical (unpaired) electrons. The van der Waals surface area contributed by atoms with Crippen molar-refractivity contribution in [1.29, 1.82) is 0 Å². The summed E-state index contributed by atoms with van der Waals surface area (Å²) >= 11 is 0. The van der Waals surface area contributed by atoms with Crippen LogP contribution in [0.5, 0.6) is 0 Å². The fourth-order valence-electron chi connectivity index (χ4n) is 4.03. The topological polar surface area (TPSA) is 33.2 Å². The second-order valence-electron chi connectivity index (χ2n) is 7.10. The van der Waals surface area contributed by atoms with Crippen molar-refractivity contribution < 1.29 is 4.79 Å². The number of benzene rings is 3. The van der Waals surface area contributed by atoms with Crippen LogP contribution in [-0.2, 0) is 0 Å². The van der Waals surface area contributed by atoms with E-state index in [2.05, 4.69) is 30.3 Å². The smallest absolute Gasteiger partial charge is 0.254 e. The Morgan fingerprint density at radius 1 is 0.815 bits per heavy atom. The molecule has 1 aromatic heterocycles. The van der Waals surface area contributed by atoms with E-state index < -0.39 is 0 Å². The van der Waals surface area contributed by atoms with Gasteiger partial charge in [0.25, 0.3) is 5.91 Å². The molecule has 1 saturated heterocycles. The third-order valence-electron chi connectivity index (χ3n) is 5.41. The van der Waals surface area contributed by atoms with Crippen LogP contribution in [0.3, 0.4) is 0 Å². The van der Waals surface area contributed by atoms with E-state index in [0.717, 1.165) is 59.0 Å². The fourth-order valence-corrected chi connectivity index (χ4v) is 4.03. The Bertz CT molecular complexity index is 1150. The standard InChI is InChI=1S/C24H20N2O/c27-24(26-14-5-6-15-26)21-16-23(25-22-13-4-3-11-20(21)22)19-12-7-9-17-8-1-2-10-18(17)19/h1-4,7-13,16H,5-6,14-15H2. The molecule has 0 aliphatic carbocycles. The van der Waals surface area contributed by atoms with E-state index in [1.807, 2.05) is 47.4 Å². The minimum atomic E-state index is 0.118. The van der Waals surface area contributed by atoms with Crippen molar-refractivity contribution in [2.45, 2.75) is 12.8 Å². The molecule has 0 unspecified atom stereocenters. The summed E-state index contributed by atoms with van der Waals surface area (Å²) in [7, 11) is 0. The van der Waals surface area contributed by atoms with Crippen molar-refractivity contribution in [3.8, 4) is 11.3 Å². The van der Waals surface area contributed by atoms with Gasteiger partial charge in [0.2, 0.25) is 0 Å². The van der Waals surface area contributed by atoms with Gasteiger partial charge in [0, 0.05) is 24.0 Å². The summed E-state index contributed by atoms with van der Waals surface area (Å²) in [6.45, 7) is 1.69. The van der Waals surface area contributed by atoms with Crippen LogP contribution in [0, 0.1) is 0 Å². The number of para-hydroxylation sites is 1. The molecule has 0 bridgehead atoms. The molecule has 0 saturated carbocycles. The summed E-state index contributed by atoms with van der Waals surface area (Å²) < 4.78 is 0. The number of fused-ring (bicyclic) bond motifs is 2. The Kier molecular flexibility index (Phi) is 3.86. The fraction of sp³-hybridized carbons (Fsp3) is 0.167. The average molecular weight is 352 g/mol. The molecular weight excluding hydrogens is 332 g/mol. The van der Waals surface area contributed by atoms with Gasteiger partial charge in [-0.2, -0.15) is 0 Å². The number of nitrogens with zero attached hydrogens (tertiary/aromatic N) is 2. The summed E-state index contributed by atoms with van der Waals surface area (Å²) in [4.78, 5) is 20.1. The second-order valence-corrected chi connectivity index (χ2v) is 7.10. The molecule has 3 nitrogen and oxygen atoms in total. The molecule has 0 N–H and O–H groups in total. The molecule has 1 amide bonds. The molecule has 1 aliphatic rings. The van der Waals surface area contributed by atoms with E-state index in [1.165, 1.54) is 5.39 Å². The minimum Gasteiger partial charge on any atom is -0.339 e. The average Bonchev–Trinajstić information content (AvgIpc) is 3.27. The van der Waals surface area contributed by atoms with Gasteiger partial charge in [0.1, 0.15) is 0 Å². The Labute approximate surface area is 158 Å². The number of aromatic nitrogens is 1. The van der Waals surface area contributed by atoms with Crippen molar-refractivity contribution in [1.82, 2.24) is 9.88 Å². The van der Waals surface area contributed by atoms with E-state index in [1.54, 1.807) is 0 Å². The van der Waals surface area contributed by atoms with E-state index in [-0.39, 0.29) is 5.91 Å². The van der Waals surface area contributed by atoms with Crippen molar-refractivity contribution in [2.24, 2.45) is 0 Å². The van der Waals surface area contributed by atoms with Gasteiger partial charge in [0.05, 0.1) is 16.8 Å². The Hall–Kier alpha value is -3.20. The molecule has 3 aromatic carbocycles. The van der Waals surface area contributed by atoms with Crippen molar-refractivity contribution >= 4 is 27.6 Å². The largest absolute Gasteiger partial charge is 0.339 e. The molecule has 2 heterocycles. The molecule has 3 heteroatoms. The van der Waals surface area contributed by atoms with Crippen LogP contribution in [-0.4, -0.2) is 28.9 Å². The van der Waals surface area contributed by atoms with Gasteiger partial charge in [-0.3, -0.25) is 4.79 Å². The lowest BCUT2D eigenvalue weighted by molar-refractivity contribution is 0.0794. The first kappa shape index (κ1) is 16.0. The molecular formula is C24H20N2O. The first-order valence-electron chi connectivity index (χ1n) is 9.48. The Morgan fingerprint density at radius 3 is 2.37 bits per heavy atom. The maximum absolute atomic E-state index is 13.2. The molecule has 27 heavy (non-hydrogen) atoms. The summed E-state index contributed by atoms with van der Waals surface area (Å²) in [6, 6.07) is 24.5. The maximum atomic E-state index is 13.2. The molecule has 0 spiro atoms. The molecule has 5 rings (SSSR count). The van der Waals surface area contributed by atoms with E-state index >= 15 is 0 Å². The van der Waals surface area contributed by atoms with Crippen LogP contribution in [0.4, 0.5) is 0 Å². The monoisotopic (exact) mass is 352 g/mol. The number of likely N-dealkylation sites (tertiary alicyclic amines) is 1. The lowest BCUT2D eigenvalue weighted by atomic mass is 9.99. The second kappa shape index (κ2) is 6.51. The van der Waals surface area contributed by atoms with Gasteiger partial charge >= 0.3 is 0 Å². The van der Waals surface area contributed by atoms with E-state index in [0.29, 0.717) is 0 Å². The summed E-state index contributed by atoms with van der Waals surface area (Å²) in [6.07, 6.45) is 2.18. The van der Waals surface area contributed by atoms with E-state index in [9.17, 15) is 4.79 Å². The number of carbonyl (C=O) groups excluding carboxylic acids is 1. The SMILES string of the molecule is O=C(c1cc(-c2cccc3ccccc23)nc2ccccc12)N1CCCC1. The predicted octanol–water partition coefficient (Wildman–Crippen LogP) is 5.29. The number of amides is 1. The van der Waals surface area contributed by atoms with Crippen LogP contribution in [0.1, 0.15) is 23.2 Å². The third kappa shape index (κ3) is 2.76. The quantitative estimate of drug-likeness (QED) is 0.491. The van der Waals surface area contributed by atoms with Gasteiger partial charge in [0.15, 0.2) is 0 Å². The summed E-state index contributed by atoms with van der Waals surface area (Å²) in [5.74, 6) is 0.118. The molecule has 1 fully saturated rings. The number of hydrogen-bond donors (Lipinski definition) is 0. The minimum absolute atomic E-state index is 0.118.